The van der Waals surface area contributed by atoms with Gasteiger partial charge in [-0.3, -0.25) is 0 Å². The summed E-state index contributed by atoms with van der Waals surface area (Å²) in [6.07, 6.45) is 1.58. The zero-order valence-electron chi connectivity index (χ0n) is 12.7. The van der Waals surface area contributed by atoms with Gasteiger partial charge >= 0.3 is 0 Å². The monoisotopic (exact) mass is 298 g/mol. The molecule has 4 heteroatoms. The van der Waals surface area contributed by atoms with Crippen LogP contribution in [0.5, 0.6) is 17.2 Å². The van der Waals surface area contributed by atoms with Gasteiger partial charge in [-0.15, -0.1) is 0 Å². The fraction of sp³-hybridized carbons (Fsp3) is 0.278. The van der Waals surface area contributed by atoms with Gasteiger partial charge in [0.25, 0.3) is 0 Å². The number of carbonyl (C=O) groups is 1. The molecular formula is C18H18O4. The Balaban J connectivity index is 1.91. The Labute approximate surface area is 129 Å². The Hall–Kier alpha value is -2.49. The summed E-state index contributed by atoms with van der Waals surface area (Å²) in [5.74, 6) is 2.23. The Morgan fingerprint density at radius 3 is 2.77 bits per heavy atom. The second-order valence-electron chi connectivity index (χ2n) is 5.63. The second-order valence-corrected chi connectivity index (χ2v) is 5.63. The normalized spacial score (nSPS) is 15.2. The van der Waals surface area contributed by atoms with Crippen molar-refractivity contribution in [2.45, 2.75) is 18.8 Å². The largest absolute Gasteiger partial charge is 0.497 e. The predicted octanol–water partition coefficient (Wildman–Crippen LogP) is 3.12. The minimum absolute atomic E-state index is 0.250. The third-order valence-electron chi connectivity index (χ3n) is 4.00. The summed E-state index contributed by atoms with van der Waals surface area (Å²) in [6.45, 7) is 2.18. The molecule has 0 saturated heterocycles. The maximum atomic E-state index is 11.8. The van der Waals surface area contributed by atoms with Gasteiger partial charge in [0.05, 0.1) is 12.5 Å². The molecule has 4 nitrogen and oxygen atoms in total. The minimum Gasteiger partial charge on any atom is -0.497 e. The van der Waals surface area contributed by atoms with Gasteiger partial charge in [0, 0.05) is 0 Å². The predicted molar refractivity (Wildman–Crippen MR) is 82.7 cm³/mol. The van der Waals surface area contributed by atoms with Crippen molar-refractivity contribution in [3.63, 3.8) is 0 Å². The van der Waals surface area contributed by atoms with Crippen molar-refractivity contribution in [1.29, 1.82) is 0 Å². The smallest absolute Gasteiger partial charge is 0.231 e. The summed E-state index contributed by atoms with van der Waals surface area (Å²) in [6, 6.07) is 13.4. The molecular weight excluding hydrogens is 280 g/mol. The molecule has 2 aromatic rings. The van der Waals surface area contributed by atoms with Crippen LogP contribution in [0.1, 0.15) is 18.1 Å². The zero-order valence-corrected chi connectivity index (χ0v) is 12.7. The number of ether oxygens (including phenoxy) is 3. The molecule has 0 bridgehead atoms. The molecule has 0 aliphatic carbocycles. The van der Waals surface area contributed by atoms with E-state index in [9.17, 15) is 4.79 Å². The highest BCUT2D eigenvalue weighted by molar-refractivity contribution is 5.69. The fourth-order valence-electron chi connectivity index (χ4n) is 2.67. The standard InChI is InChI=1S/C18H18O4/c1-18(11-19,14-4-3-5-15(9-14)20-2)10-13-6-7-16-17(8-13)22-12-21-16/h3-9,11H,10,12H2,1-2H3. The lowest BCUT2D eigenvalue weighted by Crippen LogP contribution is -2.26. The summed E-state index contributed by atoms with van der Waals surface area (Å²) in [7, 11) is 1.62. The van der Waals surface area contributed by atoms with Crippen LogP contribution in [0.4, 0.5) is 0 Å². The Kier molecular flexibility index (Phi) is 3.75. The number of methoxy groups -OCH3 is 1. The van der Waals surface area contributed by atoms with Crippen LogP contribution in [0.15, 0.2) is 42.5 Å². The molecule has 0 fully saturated rings. The van der Waals surface area contributed by atoms with Crippen LogP contribution in [0.25, 0.3) is 0 Å². The molecule has 1 atom stereocenters. The molecule has 0 N–H and O–H groups in total. The van der Waals surface area contributed by atoms with E-state index in [2.05, 4.69) is 0 Å². The van der Waals surface area contributed by atoms with Crippen molar-refractivity contribution in [2.24, 2.45) is 0 Å². The molecule has 0 spiro atoms. The van der Waals surface area contributed by atoms with Crippen LogP contribution >= 0.6 is 0 Å². The van der Waals surface area contributed by atoms with E-state index in [0.29, 0.717) is 6.42 Å². The number of hydrogen-bond donors (Lipinski definition) is 0. The van der Waals surface area contributed by atoms with E-state index in [1.165, 1.54) is 0 Å². The molecule has 3 rings (SSSR count). The van der Waals surface area contributed by atoms with Crippen molar-refractivity contribution in [3.05, 3.63) is 53.6 Å². The molecule has 2 aromatic carbocycles. The SMILES string of the molecule is COc1cccc(C(C)(C=O)Cc2ccc3c(c2)OCO3)c1. The Bertz CT molecular complexity index is 695. The van der Waals surface area contributed by atoms with Crippen LogP contribution in [-0.2, 0) is 16.6 Å². The minimum atomic E-state index is -0.623. The van der Waals surface area contributed by atoms with Crippen LogP contribution in [0.3, 0.4) is 0 Å². The average molecular weight is 298 g/mol. The molecule has 1 heterocycles. The van der Waals surface area contributed by atoms with Crippen LogP contribution in [0, 0.1) is 0 Å². The first-order chi connectivity index (χ1) is 10.6. The highest BCUT2D eigenvalue weighted by atomic mass is 16.7. The van der Waals surface area contributed by atoms with Crippen molar-refractivity contribution in [2.75, 3.05) is 13.9 Å². The molecule has 0 amide bonds. The molecule has 0 aromatic heterocycles. The van der Waals surface area contributed by atoms with E-state index in [-0.39, 0.29) is 6.79 Å². The second kappa shape index (κ2) is 5.72. The van der Waals surface area contributed by atoms with Crippen LogP contribution in [0.2, 0.25) is 0 Å². The van der Waals surface area contributed by atoms with Crippen LogP contribution < -0.4 is 14.2 Å². The summed E-state index contributed by atoms with van der Waals surface area (Å²) in [5, 5.41) is 0. The zero-order chi connectivity index (χ0) is 15.6. The number of hydrogen-bond acceptors (Lipinski definition) is 4. The van der Waals surface area contributed by atoms with Gasteiger partial charge in [-0.2, -0.15) is 0 Å². The van der Waals surface area contributed by atoms with E-state index in [4.69, 9.17) is 14.2 Å². The van der Waals surface area contributed by atoms with Gasteiger partial charge in [0.2, 0.25) is 6.79 Å². The molecule has 1 aliphatic heterocycles. The van der Waals surface area contributed by atoms with Crippen molar-refractivity contribution in [3.8, 4) is 17.2 Å². The van der Waals surface area contributed by atoms with Gasteiger partial charge in [-0.05, 0) is 48.7 Å². The van der Waals surface area contributed by atoms with Crippen molar-refractivity contribution >= 4 is 6.29 Å². The first kappa shape index (κ1) is 14.4. The molecule has 1 unspecified atom stereocenters. The van der Waals surface area contributed by atoms with E-state index in [0.717, 1.165) is 34.7 Å². The summed E-state index contributed by atoms with van der Waals surface area (Å²) < 4.78 is 16.0. The molecule has 1 aliphatic rings. The van der Waals surface area contributed by atoms with E-state index in [1.54, 1.807) is 7.11 Å². The van der Waals surface area contributed by atoms with Gasteiger partial charge in [0.15, 0.2) is 11.5 Å². The van der Waals surface area contributed by atoms with Crippen molar-refractivity contribution < 1.29 is 19.0 Å². The fourth-order valence-corrected chi connectivity index (χ4v) is 2.67. The molecule has 22 heavy (non-hydrogen) atoms. The molecule has 114 valence electrons. The van der Waals surface area contributed by atoms with Gasteiger partial charge < -0.3 is 19.0 Å². The quantitative estimate of drug-likeness (QED) is 0.796. The number of fused-ring (bicyclic) bond motifs is 1. The summed E-state index contributed by atoms with van der Waals surface area (Å²) >= 11 is 0. The first-order valence-corrected chi connectivity index (χ1v) is 7.14. The lowest BCUT2D eigenvalue weighted by atomic mass is 9.78. The topological polar surface area (TPSA) is 44.8 Å². The Morgan fingerprint density at radius 1 is 1.18 bits per heavy atom. The number of aldehydes is 1. The van der Waals surface area contributed by atoms with E-state index < -0.39 is 5.41 Å². The van der Waals surface area contributed by atoms with Crippen molar-refractivity contribution in [1.82, 2.24) is 0 Å². The van der Waals surface area contributed by atoms with Crippen LogP contribution in [-0.4, -0.2) is 20.2 Å². The summed E-state index contributed by atoms with van der Waals surface area (Å²) in [5.41, 5.74) is 1.34. The van der Waals surface area contributed by atoms with E-state index >= 15 is 0 Å². The first-order valence-electron chi connectivity index (χ1n) is 7.14. The maximum Gasteiger partial charge on any atom is 0.231 e. The Morgan fingerprint density at radius 2 is 2.00 bits per heavy atom. The van der Waals surface area contributed by atoms with Gasteiger partial charge in [0.1, 0.15) is 12.0 Å². The summed E-state index contributed by atoms with van der Waals surface area (Å²) in [4.78, 5) is 11.8. The number of benzene rings is 2. The maximum absolute atomic E-state index is 11.8. The number of carbonyl (C=O) groups excluding carboxylic acids is 1. The van der Waals surface area contributed by atoms with Gasteiger partial charge in [-0.1, -0.05) is 18.2 Å². The number of rotatable bonds is 5. The highest BCUT2D eigenvalue weighted by Crippen LogP contribution is 2.35. The third-order valence-corrected chi connectivity index (χ3v) is 4.00. The lowest BCUT2D eigenvalue weighted by molar-refractivity contribution is -0.112. The lowest BCUT2D eigenvalue weighted by Gasteiger charge is -2.24. The average Bonchev–Trinajstić information content (AvgIpc) is 3.02. The highest BCUT2D eigenvalue weighted by Gasteiger charge is 2.28. The molecule has 0 saturated carbocycles. The van der Waals surface area contributed by atoms with E-state index in [1.807, 2.05) is 49.4 Å². The van der Waals surface area contributed by atoms with Gasteiger partial charge in [-0.25, -0.2) is 0 Å². The molecule has 0 radical (unpaired) electrons. The third kappa shape index (κ3) is 2.64.